The quantitative estimate of drug-likeness (QED) is 0.414. The number of carbonyl (C=O) groups is 1. The van der Waals surface area contributed by atoms with E-state index in [0.717, 1.165) is 30.2 Å². The Morgan fingerprint density at radius 3 is 2.73 bits per heavy atom. The normalized spacial score (nSPS) is 18.7. The molecule has 0 saturated carbocycles. The van der Waals surface area contributed by atoms with Crippen LogP contribution in [0.2, 0.25) is 0 Å². The maximum atomic E-state index is 11.6. The molecule has 3 N–H and O–H groups in total. The number of nitrogens with zero attached hydrogens (tertiary/aromatic N) is 1. The molecule has 1 atom stereocenters. The van der Waals surface area contributed by atoms with Gasteiger partial charge in [-0.1, -0.05) is 32.0 Å². The fourth-order valence-electron chi connectivity index (χ4n) is 2.97. The van der Waals surface area contributed by atoms with Gasteiger partial charge in [-0.2, -0.15) is 0 Å². The Hall–Kier alpha value is -2.24. The van der Waals surface area contributed by atoms with E-state index in [-0.39, 0.29) is 23.5 Å². The number of para-hydroxylation sites is 1. The minimum Gasteiger partial charge on any atom is -0.487 e. The number of benzene rings is 1. The molecular weight excluding hydrogens is 328 g/mol. The Balaban J connectivity index is 2.04. The Bertz CT molecular complexity index is 640. The lowest BCUT2D eigenvalue weighted by Gasteiger charge is -2.38. The maximum absolute atomic E-state index is 11.6. The first-order valence-electron chi connectivity index (χ1n) is 9.43. The van der Waals surface area contributed by atoms with E-state index < -0.39 is 0 Å². The summed E-state index contributed by atoms with van der Waals surface area (Å²) in [5.74, 6) is 1.72. The predicted molar refractivity (Wildman–Crippen MR) is 105 cm³/mol. The fraction of sp³-hybridized carbons (Fsp3) is 0.600. The van der Waals surface area contributed by atoms with Gasteiger partial charge in [-0.15, -0.1) is 0 Å². The van der Waals surface area contributed by atoms with Gasteiger partial charge < -0.3 is 20.7 Å². The molecule has 0 aromatic heterocycles. The van der Waals surface area contributed by atoms with Gasteiger partial charge in [0.1, 0.15) is 11.4 Å². The third-order valence-corrected chi connectivity index (χ3v) is 4.24. The molecule has 0 radical (unpaired) electrons. The van der Waals surface area contributed by atoms with Gasteiger partial charge in [0.25, 0.3) is 0 Å². The highest BCUT2D eigenvalue weighted by atomic mass is 16.5. The van der Waals surface area contributed by atoms with E-state index in [4.69, 9.17) is 4.74 Å². The van der Waals surface area contributed by atoms with Crippen molar-refractivity contribution in [1.82, 2.24) is 16.0 Å². The number of hydrogen-bond acceptors (Lipinski definition) is 3. The number of fused-ring (bicyclic) bond motifs is 1. The zero-order valence-electron chi connectivity index (χ0n) is 16.6. The summed E-state index contributed by atoms with van der Waals surface area (Å²) in [7, 11) is 0. The van der Waals surface area contributed by atoms with Crippen molar-refractivity contribution in [2.45, 2.75) is 52.7 Å². The molecule has 0 spiro atoms. The summed E-state index contributed by atoms with van der Waals surface area (Å²) >= 11 is 0. The van der Waals surface area contributed by atoms with Crippen LogP contribution in [0.15, 0.2) is 29.3 Å². The van der Waals surface area contributed by atoms with E-state index in [2.05, 4.69) is 40.9 Å². The summed E-state index contributed by atoms with van der Waals surface area (Å²) in [5.41, 5.74) is 0.903. The lowest BCUT2D eigenvalue weighted by molar-refractivity contribution is -0.123. The second-order valence-electron chi connectivity index (χ2n) is 7.51. The van der Waals surface area contributed by atoms with Crippen molar-refractivity contribution in [1.29, 1.82) is 0 Å². The van der Waals surface area contributed by atoms with Crippen LogP contribution in [0, 0.1) is 5.92 Å². The van der Waals surface area contributed by atoms with Crippen LogP contribution < -0.4 is 20.7 Å². The van der Waals surface area contributed by atoms with Crippen molar-refractivity contribution in [3.63, 3.8) is 0 Å². The van der Waals surface area contributed by atoms with Crippen LogP contribution in [0.3, 0.4) is 0 Å². The number of carbonyl (C=O) groups excluding carboxylic acids is 1. The molecule has 6 nitrogen and oxygen atoms in total. The first-order valence-corrected chi connectivity index (χ1v) is 9.43. The van der Waals surface area contributed by atoms with E-state index in [0.29, 0.717) is 13.1 Å². The number of rotatable bonds is 6. The molecule has 1 amide bonds. The van der Waals surface area contributed by atoms with Gasteiger partial charge in [0, 0.05) is 31.0 Å². The summed E-state index contributed by atoms with van der Waals surface area (Å²) in [6, 6.07) is 8.25. The zero-order chi connectivity index (χ0) is 19.2. The highest BCUT2D eigenvalue weighted by Gasteiger charge is 2.33. The number of hydrogen-bond donors (Lipinski definition) is 3. The molecule has 1 unspecified atom stereocenters. The lowest BCUT2D eigenvalue weighted by atomic mass is 9.90. The number of nitrogens with one attached hydrogen (secondary N) is 3. The highest BCUT2D eigenvalue weighted by Crippen LogP contribution is 2.39. The molecule has 0 aliphatic carbocycles. The van der Waals surface area contributed by atoms with Crippen LogP contribution >= 0.6 is 0 Å². The molecule has 2 rings (SSSR count). The van der Waals surface area contributed by atoms with Gasteiger partial charge in [0.15, 0.2) is 5.96 Å². The Morgan fingerprint density at radius 2 is 2.04 bits per heavy atom. The number of amides is 1. The minimum absolute atomic E-state index is 0.00804. The van der Waals surface area contributed by atoms with E-state index in [1.807, 2.05) is 39.0 Å². The molecule has 0 bridgehead atoms. The largest absolute Gasteiger partial charge is 0.487 e. The van der Waals surface area contributed by atoms with Crippen LogP contribution in [0.1, 0.15) is 52.6 Å². The lowest BCUT2D eigenvalue weighted by Crippen LogP contribution is -2.45. The summed E-state index contributed by atoms with van der Waals surface area (Å²) in [5, 5.41) is 9.70. The molecule has 0 saturated heterocycles. The third-order valence-electron chi connectivity index (χ3n) is 4.24. The second kappa shape index (κ2) is 8.92. The van der Waals surface area contributed by atoms with E-state index >= 15 is 0 Å². The monoisotopic (exact) mass is 360 g/mol. The van der Waals surface area contributed by atoms with Gasteiger partial charge in [-0.05, 0) is 26.8 Å². The topological polar surface area (TPSA) is 74.8 Å². The van der Waals surface area contributed by atoms with Gasteiger partial charge in [0.2, 0.25) is 5.91 Å². The molecule has 144 valence electrons. The summed E-state index contributed by atoms with van der Waals surface area (Å²) < 4.78 is 6.09. The van der Waals surface area contributed by atoms with Gasteiger partial charge in [-0.25, -0.2) is 0 Å². The molecule has 1 aromatic rings. The fourth-order valence-corrected chi connectivity index (χ4v) is 2.97. The number of guanidine groups is 1. The summed E-state index contributed by atoms with van der Waals surface area (Å²) in [4.78, 5) is 16.2. The van der Waals surface area contributed by atoms with Crippen molar-refractivity contribution in [2.24, 2.45) is 10.9 Å². The smallest absolute Gasteiger partial charge is 0.222 e. The average molecular weight is 361 g/mol. The van der Waals surface area contributed by atoms with Gasteiger partial charge >= 0.3 is 0 Å². The van der Waals surface area contributed by atoms with Crippen LogP contribution in [0.4, 0.5) is 0 Å². The standard InChI is InChI=1S/C20H32N4O2/c1-6-21-19(23-12-11-22-18(25)14(2)3)24-16-13-20(4,5)26-17-10-8-7-9-15(16)17/h7-10,14,16H,6,11-13H2,1-5H3,(H,22,25)(H2,21,23,24). The van der Waals surface area contributed by atoms with Crippen LogP contribution in [0.25, 0.3) is 0 Å². The average Bonchev–Trinajstić information content (AvgIpc) is 2.57. The Morgan fingerprint density at radius 1 is 1.31 bits per heavy atom. The predicted octanol–water partition coefficient (Wildman–Crippen LogP) is 2.62. The van der Waals surface area contributed by atoms with Crippen molar-refractivity contribution in [3.05, 3.63) is 29.8 Å². The van der Waals surface area contributed by atoms with Crippen molar-refractivity contribution >= 4 is 11.9 Å². The maximum Gasteiger partial charge on any atom is 0.222 e. The number of aliphatic imine (C=N–C) groups is 1. The van der Waals surface area contributed by atoms with E-state index in [9.17, 15) is 4.79 Å². The van der Waals surface area contributed by atoms with Crippen LogP contribution in [-0.2, 0) is 4.79 Å². The van der Waals surface area contributed by atoms with Gasteiger partial charge in [-0.3, -0.25) is 9.79 Å². The molecular formula is C20H32N4O2. The first kappa shape index (κ1) is 20.1. The van der Waals surface area contributed by atoms with Crippen molar-refractivity contribution < 1.29 is 9.53 Å². The zero-order valence-corrected chi connectivity index (χ0v) is 16.6. The molecule has 26 heavy (non-hydrogen) atoms. The van der Waals surface area contributed by atoms with Crippen LogP contribution in [0.5, 0.6) is 5.75 Å². The summed E-state index contributed by atoms with van der Waals surface area (Å²) in [6.45, 7) is 11.8. The molecule has 1 aliphatic rings. The second-order valence-corrected chi connectivity index (χ2v) is 7.51. The number of ether oxygens (including phenoxy) is 1. The summed E-state index contributed by atoms with van der Waals surface area (Å²) in [6.07, 6.45) is 0.846. The minimum atomic E-state index is -0.241. The molecule has 0 fully saturated rings. The SMILES string of the molecule is CCNC(=NCCNC(=O)C(C)C)NC1CC(C)(C)Oc2ccccc21. The Kier molecular flexibility index (Phi) is 6.89. The molecule has 1 heterocycles. The van der Waals surface area contributed by atoms with Crippen molar-refractivity contribution in [2.75, 3.05) is 19.6 Å². The van der Waals surface area contributed by atoms with E-state index in [1.54, 1.807) is 0 Å². The highest BCUT2D eigenvalue weighted by molar-refractivity contribution is 5.80. The molecule has 1 aromatic carbocycles. The Labute approximate surface area is 156 Å². The van der Waals surface area contributed by atoms with Crippen LogP contribution in [-0.4, -0.2) is 37.1 Å². The van der Waals surface area contributed by atoms with E-state index in [1.165, 1.54) is 0 Å². The molecule has 6 heteroatoms. The van der Waals surface area contributed by atoms with Crippen molar-refractivity contribution in [3.8, 4) is 5.75 Å². The van der Waals surface area contributed by atoms with Gasteiger partial charge in [0.05, 0.1) is 12.6 Å². The first-order chi connectivity index (χ1) is 12.3. The third kappa shape index (κ3) is 5.64. The molecule has 1 aliphatic heterocycles.